The molecule has 94 valence electrons. The molecule has 2 aliphatic rings. The minimum atomic E-state index is -0.0711. The average Bonchev–Trinajstić information content (AvgIpc) is 2.59. The van der Waals surface area contributed by atoms with E-state index in [1.165, 1.54) is 4.90 Å². The molecule has 4 heteroatoms. The number of allylic oxidation sites excluding steroid dienone is 5. The summed E-state index contributed by atoms with van der Waals surface area (Å²) in [6, 6.07) is 0. The predicted molar refractivity (Wildman–Crippen MR) is 69.9 cm³/mol. The zero-order valence-electron chi connectivity index (χ0n) is 10.8. The van der Waals surface area contributed by atoms with Crippen molar-refractivity contribution in [2.45, 2.75) is 13.8 Å². The Morgan fingerprint density at radius 2 is 2.17 bits per heavy atom. The molecule has 0 spiro atoms. The molecular formula is C14H16N2O2. The summed E-state index contributed by atoms with van der Waals surface area (Å²) in [6.07, 6.45) is 8.35. The summed E-state index contributed by atoms with van der Waals surface area (Å²) >= 11 is 0. The molecule has 0 bridgehead atoms. The van der Waals surface area contributed by atoms with Gasteiger partial charge in [0.05, 0.1) is 0 Å². The number of rotatable bonds is 2. The van der Waals surface area contributed by atoms with Crippen LogP contribution in [0.5, 0.6) is 0 Å². The lowest BCUT2D eigenvalue weighted by Crippen LogP contribution is -2.25. The van der Waals surface area contributed by atoms with E-state index in [0.717, 1.165) is 6.29 Å². The van der Waals surface area contributed by atoms with E-state index in [1.54, 1.807) is 13.1 Å². The monoisotopic (exact) mass is 244 g/mol. The second-order valence-corrected chi connectivity index (χ2v) is 4.66. The molecule has 4 nitrogen and oxygen atoms in total. The molecule has 0 aromatic rings. The number of likely N-dealkylation sites (N-methyl/N-ethyl adjacent to an activating group) is 1. The van der Waals surface area contributed by atoms with Crippen LogP contribution in [0.3, 0.4) is 0 Å². The van der Waals surface area contributed by atoms with Gasteiger partial charge in [-0.05, 0) is 18.9 Å². The molecule has 0 aromatic carbocycles. The van der Waals surface area contributed by atoms with Crippen molar-refractivity contribution >= 4 is 18.0 Å². The summed E-state index contributed by atoms with van der Waals surface area (Å²) in [6.45, 7) is 3.83. The fourth-order valence-corrected chi connectivity index (χ4v) is 2.06. The summed E-state index contributed by atoms with van der Waals surface area (Å²) in [4.78, 5) is 28.3. The summed E-state index contributed by atoms with van der Waals surface area (Å²) in [7, 11) is 1.71. The van der Waals surface area contributed by atoms with Crippen LogP contribution >= 0.6 is 0 Å². The zero-order chi connectivity index (χ0) is 13.3. The Morgan fingerprint density at radius 1 is 1.44 bits per heavy atom. The van der Waals surface area contributed by atoms with Gasteiger partial charge < -0.3 is 0 Å². The van der Waals surface area contributed by atoms with Crippen LogP contribution in [0.25, 0.3) is 0 Å². The topological polar surface area (TPSA) is 49.7 Å². The number of hydrogen-bond acceptors (Lipinski definition) is 3. The van der Waals surface area contributed by atoms with Gasteiger partial charge >= 0.3 is 0 Å². The third-order valence-corrected chi connectivity index (χ3v) is 3.35. The van der Waals surface area contributed by atoms with Crippen LogP contribution in [0.2, 0.25) is 0 Å². The highest BCUT2D eigenvalue weighted by atomic mass is 16.2. The van der Waals surface area contributed by atoms with E-state index < -0.39 is 0 Å². The number of amidine groups is 1. The average molecular weight is 244 g/mol. The minimum Gasteiger partial charge on any atom is -0.298 e. The lowest BCUT2D eigenvalue weighted by Gasteiger charge is -2.18. The van der Waals surface area contributed by atoms with Crippen LogP contribution in [0.1, 0.15) is 13.8 Å². The molecule has 1 aliphatic carbocycles. The Morgan fingerprint density at radius 3 is 2.67 bits per heavy atom. The second-order valence-electron chi connectivity index (χ2n) is 4.66. The number of carbonyl (C=O) groups excluding carboxylic acids is 2. The summed E-state index contributed by atoms with van der Waals surface area (Å²) < 4.78 is 0. The maximum absolute atomic E-state index is 11.9. The molecule has 1 heterocycles. The van der Waals surface area contributed by atoms with Crippen LogP contribution in [0, 0.1) is 11.8 Å². The first-order valence-corrected chi connectivity index (χ1v) is 5.93. The van der Waals surface area contributed by atoms with Gasteiger partial charge in [-0.15, -0.1) is 0 Å². The van der Waals surface area contributed by atoms with Crippen molar-refractivity contribution in [3.05, 3.63) is 35.6 Å². The van der Waals surface area contributed by atoms with Gasteiger partial charge in [-0.1, -0.05) is 25.2 Å². The molecule has 2 atom stereocenters. The molecule has 0 saturated heterocycles. The lowest BCUT2D eigenvalue weighted by atomic mass is 9.87. The molecule has 1 aliphatic heterocycles. The zero-order valence-corrected chi connectivity index (χ0v) is 10.8. The quantitative estimate of drug-likeness (QED) is 0.548. The number of carbonyl (C=O) groups is 2. The van der Waals surface area contributed by atoms with Crippen LogP contribution in [0.4, 0.5) is 0 Å². The fraction of sp³-hybridized carbons (Fsp3) is 0.357. The standard InChI is InChI=1S/C14H16N2O2/c1-9-6-11(8-17)4-5-12(9)7-13-14(18)16(3)10(2)15-13/h4-9,12H,1-3H3/b13-7-. The third-order valence-electron chi connectivity index (χ3n) is 3.35. The normalized spacial score (nSPS) is 29.6. The Labute approximate surface area is 106 Å². The van der Waals surface area contributed by atoms with Gasteiger partial charge in [0.2, 0.25) is 0 Å². The van der Waals surface area contributed by atoms with Gasteiger partial charge in [0, 0.05) is 18.5 Å². The molecule has 1 amide bonds. The van der Waals surface area contributed by atoms with Gasteiger partial charge in [0.25, 0.3) is 5.91 Å². The molecule has 0 N–H and O–H groups in total. The molecule has 2 rings (SSSR count). The van der Waals surface area contributed by atoms with Crippen LogP contribution in [0.15, 0.2) is 40.6 Å². The highest BCUT2D eigenvalue weighted by molar-refractivity contribution is 6.11. The fourth-order valence-electron chi connectivity index (χ4n) is 2.06. The largest absolute Gasteiger partial charge is 0.298 e. The summed E-state index contributed by atoms with van der Waals surface area (Å²) in [5.41, 5.74) is 1.17. The smallest absolute Gasteiger partial charge is 0.277 e. The number of nitrogens with zero attached hydrogens (tertiary/aromatic N) is 2. The first-order valence-electron chi connectivity index (χ1n) is 5.93. The predicted octanol–water partition coefficient (Wildman–Crippen LogP) is 1.71. The first kappa shape index (κ1) is 12.5. The maximum atomic E-state index is 11.9. The third kappa shape index (κ3) is 2.18. The van der Waals surface area contributed by atoms with E-state index in [1.807, 2.05) is 32.1 Å². The van der Waals surface area contributed by atoms with E-state index in [9.17, 15) is 9.59 Å². The van der Waals surface area contributed by atoms with Crippen molar-refractivity contribution in [1.82, 2.24) is 4.90 Å². The SMILES string of the molecule is CC1=N/C(=C\C2C=CC(C=O)=CC2C)C(=O)N1C. The molecule has 0 aromatic heterocycles. The van der Waals surface area contributed by atoms with Crippen LogP contribution in [-0.2, 0) is 9.59 Å². The van der Waals surface area contributed by atoms with Crippen molar-refractivity contribution in [1.29, 1.82) is 0 Å². The van der Waals surface area contributed by atoms with Gasteiger partial charge in [0.15, 0.2) is 0 Å². The van der Waals surface area contributed by atoms with Crippen LogP contribution < -0.4 is 0 Å². The number of aliphatic imine (C=N–C) groups is 1. The first-order chi connectivity index (χ1) is 8.52. The van der Waals surface area contributed by atoms with Crippen molar-refractivity contribution in [2.75, 3.05) is 7.05 Å². The van der Waals surface area contributed by atoms with E-state index >= 15 is 0 Å². The van der Waals surface area contributed by atoms with Crippen molar-refractivity contribution in [3.8, 4) is 0 Å². The molecule has 18 heavy (non-hydrogen) atoms. The Hall–Kier alpha value is -1.97. The Kier molecular flexibility index (Phi) is 3.28. The summed E-state index contributed by atoms with van der Waals surface area (Å²) in [5.74, 6) is 0.939. The number of amides is 1. The van der Waals surface area contributed by atoms with Crippen molar-refractivity contribution < 1.29 is 9.59 Å². The van der Waals surface area contributed by atoms with E-state index in [2.05, 4.69) is 4.99 Å². The van der Waals surface area contributed by atoms with E-state index in [-0.39, 0.29) is 17.7 Å². The van der Waals surface area contributed by atoms with Crippen molar-refractivity contribution in [2.24, 2.45) is 16.8 Å². The number of hydrogen-bond donors (Lipinski definition) is 0. The Bertz CT molecular complexity index is 512. The molecular weight excluding hydrogens is 228 g/mol. The Balaban J connectivity index is 2.22. The summed E-state index contributed by atoms with van der Waals surface area (Å²) in [5, 5.41) is 0. The molecule has 0 fully saturated rings. The van der Waals surface area contributed by atoms with Gasteiger partial charge in [-0.2, -0.15) is 0 Å². The van der Waals surface area contributed by atoms with Gasteiger partial charge in [0.1, 0.15) is 17.8 Å². The molecule has 0 radical (unpaired) electrons. The van der Waals surface area contributed by atoms with Gasteiger partial charge in [-0.3, -0.25) is 14.5 Å². The van der Waals surface area contributed by atoms with E-state index in [0.29, 0.717) is 17.1 Å². The highest BCUT2D eigenvalue weighted by Crippen LogP contribution is 2.26. The van der Waals surface area contributed by atoms with E-state index in [4.69, 9.17) is 0 Å². The second kappa shape index (κ2) is 4.72. The lowest BCUT2D eigenvalue weighted by molar-refractivity contribution is -0.121. The van der Waals surface area contributed by atoms with Crippen LogP contribution in [-0.4, -0.2) is 30.0 Å². The highest BCUT2D eigenvalue weighted by Gasteiger charge is 2.25. The minimum absolute atomic E-state index is 0.0711. The molecule has 2 unspecified atom stereocenters. The van der Waals surface area contributed by atoms with Crippen molar-refractivity contribution in [3.63, 3.8) is 0 Å². The maximum Gasteiger partial charge on any atom is 0.277 e. The number of aldehydes is 1. The molecule has 0 saturated carbocycles. The van der Waals surface area contributed by atoms with Gasteiger partial charge in [-0.25, -0.2) is 4.99 Å².